The average Bonchev–Trinajstić information content (AvgIpc) is 2.24. The first-order valence-electron chi connectivity index (χ1n) is 4.89. The van der Waals surface area contributed by atoms with Gasteiger partial charge < -0.3 is 5.32 Å². The number of halogens is 3. The molecule has 1 aliphatic rings. The van der Waals surface area contributed by atoms with Crippen molar-refractivity contribution in [3.8, 4) is 6.07 Å². The molecule has 0 bridgehead atoms. The van der Waals surface area contributed by atoms with E-state index in [1.54, 1.807) is 0 Å². The van der Waals surface area contributed by atoms with Gasteiger partial charge in [-0.15, -0.1) is 0 Å². The highest BCUT2D eigenvalue weighted by Gasteiger charge is 2.34. The first kappa shape index (κ1) is 13.8. The van der Waals surface area contributed by atoms with Crippen molar-refractivity contribution in [3.05, 3.63) is 23.4 Å². The zero-order valence-electron chi connectivity index (χ0n) is 9.34. The summed E-state index contributed by atoms with van der Waals surface area (Å²) >= 11 is 0. The van der Waals surface area contributed by atoms with Gasteiger partial charge in [-0.3, -0.25) is 0 Å². The molecule has 0 saturated carbocycles. The monoisotopic (exact) mass is 262 g/mol. The average molecular weight is 262 g/mol. The lowest BCUT2D eigenvalue weighted by Crippen LogP contribution is -2.26. The molecule has 0 aromatic rings. The molecular formula is C11H13F3N2S. The SMILES string of the molecule is C=S(C)C(CC#N)C1=CC(C(F)(F)F)=CNC1. The maximum Gasteiger partial charge on any atom is 0.417 e. The van der Waals surface area contributed by atoms with Crippen molar-refractivity contribution in [1.82, 2.24) is 5.32 Å². The molecule has 0 radical (unpaired) electrons. The Morgan fingerprint density at radius 3 is 2.76 bits per heavy atom. The molecule has 2 nitrogen and oxygen atoms in total. The van der Waals surface area contributed by atoms with E-state index in [0.29, 0.717) is 12.1 Å². The summed E-state index contributed by atoms with van der Waals surface area (Å²) in [6, 6.07) is 2.00. The van der Waals surface area contributed by atoms with Crippen molar-refractivity contribution in [2.24, 2.45) is 0 Å². The van der Waals surface area contributed by atoms with Gasteiger partial charge in [0.15, 0.2) is 0 Å². The second-order valence-electron chi connectivity index (χ2n) is 3.74. The summed E-state index contributed by atoms with van der Waals surface area (Å²) in [6.45, 7) is 0.346. The summed E-state index contributed by atoms with van der Waals surface area (Å²) < 4.78 is 37.6. The van der Waals surface area contributed by atoms with Crippen LogP contribution in [0.2, 0.25) is 0 Å². The quantitative estimate of drug-likeness (QED) is 0.793. The summed E-state index contributed by atoms with van der Waals surface area (Å²) in [5, 5.41) is 11.1. The maximum atomic E-state index is 12.5. The summed E-state index contributed by atoms with van der Waals surface area (Å²) in [7, 11) is -0.368. The minimum Gasteiger partial charge on any atom is -0.387 e. The molecule has 0 saturated heterocycles. The zero-order valence-corrected chi connectivity index (χ0v) is 10.2. The van der Waals surface area contributed by atoms with Gasteiger partial charge in [0.05, 0.1) is 18.1 Å². The summed E-state index contributed by atoms with van der Waals surface area (Å²) in [5.74, 6) is 3.83. The van der Waals surface area contributed by atoms with Crippen molar-refractivity contribution >= 4 is 16.4 Å². The van der Waals surface area contributed by atoms with E-state index < -0.39 is 11.7 Å². The first-order valence-corrected chi connectivity index (χ1v) is 6.75. The lowest BCUT2D eigenvalue weighted by Gasteiger charge is -2.23. The van der Waals surface area contributed by atoms with Gasteiger partial charge >= 0.3 is 6.18 Å². The van der Waals surface area contributed by atoms with Crippen LogP contribution in [0.25, 0.3) is 0 Å². The largest absolute Gasteiger partial charge is 0.417 e. The lowest BCUT2D eigenvalue weighted by atomic mass is 10.0. The summed E-state index contributed by atoms with van der Waals surface area (Å²) in [4.78, 5) is 0. The molecule has 0 amide bonds. The molecule has 0 aliphatic carbocycles. The Bertz CT molecular complexity index is 415. The van der Waals surface area contributed by atoms with Crippen molar-refractivity contribution in [3.63, 3.8) is 0 Å². The highest BCUT2D eigenvalue weighted by atomic mass is 32.2. The molecule has 0 aromatic heterocycles. The van der Waals surface area contributed by atoms with E-state index in [1.807, 2.05) is 12.3 Å². The van der Waals surface area contributed by atoms with E-state index in [-0.39, 0.29) is 22.2 Å². The molecule has 1 heterocycles. The van der Waals surface area contributed by atoms with E-state index in [1.165, 1.54) is 0 Å². The minimum atomic E-state index is -4.36. The molecule has 17 heavy (non-hydrogen) atoms. The van der Waals surface area contributed by atoms with Crippen molar-refractivity contribution in [2.75, 3.05) is 12.8 Å². The molecule has 94 valence electrons. The molecule has 1 aliphatic heterocycles. The van der Waals surface area contributed by atoms with Gasteiger partial charge in [0.1, 0.15) is 0 Å². The third-order valence-electron chi connectivity index (χ3n) is 2.41. The second kappa shape index (κ2) is 5.41. The number of dihydropyridines is 1. The Morgan fingerprint density at radius 1 is 1.65 bits per heavy atom. The van der Waals surface area contributed by atoms with Crippen LogP contribution in [0.15, 0.2) is 23.4 Å². The number of nitriles is 1. The van der Waals surface area contributed by atoms with Crippen LogP contribution in [0.4, 0.5) is 13.2 Å². The normalized spacial score (nSPS) is 19.5. The fourth-order valence-electron chi connectivity index (χ4n) is 1.56. The zero-order chi connectivity index (χ0) is 13.1. The van der Waals surface area contributed by atoms with E-state index in [0.717, 1.165) is 12.3 Å². The van der Waals surface area contributed by atoms with Crippen LogP contribution in [0.3, 0.4) is 0 Å². The number of alkyl halides is 3. The number of hydrogen-bond donors (Lipinski definition) is 1. The molecule has 2 unspecified atom stereocenters. The van der Waals surface area contributed by atoms with Gasteiger partial charge in [0.25, 0.3) is 0 Å². The number of allylic oxidation sites excluding steroid dienone is 2. The van der Waals surface area contributed by atoms with Gasteiger partial charge in [-0.1, -0.05) is 5.87 Å². The van der Waals surface area contributed by atoms with Gasteiger partial charge in [-0.2, -0.15) is 28.9 Å². The Kier molecular flexibility index (Phi) is 4.40. The van der Waals surface area contributed by atoms with E-state index in [9.17, 15) is 13.2 Å². The van der Waals surface area contributed by atoms with Crippen molar-refractivity contribution < 1.29 is 13.2 Å². The second-order valence-corrected chi connectivity index (χ2v) is 5.69. The van der Waals surface area contributed by atoms with Gasteiger partial charge in [-0.25, -0.2) is 0 Å². The fraction of sp³-hybridized carbons (Fsp3) is 0.455. The summed E-state index contributed by atoms with van der Waals surface area (Å²) in [6.07, 6.45) is -0.240. The number of nitrogens with one attached hydrogen (secondary N) is 1. The number of hydrogen-bond acceptors (Lipinski definition) is 2. The smallest absolute Gasteiger partial charge is 0.387 e. The minimum absolute atomic E-state index is 0.196. The van der Waals surface area contributed by atoms with Gasteiger partial charge in [0.2, 0.25) is 0 Å². The lowest BCUT2D eigenvalue weighted by molar-refractivity contribution is -0.0888. The van der Waals surface area contributed by atoms with Crippen LogP contribution in [-0.4, -0.2) is 30.1 Å². The third kappa shape index (κ3) is 3.63. The molecule has 1 rings (SSSR count). The van der Waals surface area contributed by atoms with E-state index in [2.05, 4.69) is 11.2 Å². The number of rotatable bonds is 3. The predicted octanol–water partition coefficient (Wildman–Crippen LogP) is 2.58. The van der Waals surface area contributed by atoms with Crippen LogP contribution < -0.4 is 5.32 Å². The Labute approximate surface area is 101 Å². The van der Waals surface area contributed by atoms with Gasteiger partial charge in [0, 0.05) is 18.0 Å². The van der Waals surface area contributed by atoms with Crippen LogP contribution in [0, 0.1) is 11.3 Å². The molecule has 6 heteroatoms. The van der Waals surface area contributed by atoms with Crippen LogP contribution >= 0.6 is 10.5 Å². The molecule has 0 aromatic carbocycles. The molecule has 2 atom stereocenters. The molecule has 0 fully saturated rings. The Hall–Kier alpha value is -1.22. The Morgan fingerprint density at radius 2 is 2.29 bits per heavy atom. The Balaban J connectivity index is 2.99. The van der Waals surface area contributed by atoms with Crippen LogP contribution in [0.5, 0.6) is 0 Å². The topological polar surface area (TPSA) is 35.8 Å². The third-order valence-corrected chi connectivity index (χ3v) is 3.85. The number of nitrogens with zero attached hydrogens (tertiary/aromatic N) is 1. The molecule has 1 N–H and O–H groups in total. The highest BCUT2D eigenvalue weighted by molar-refractivity contribution is 8.14. The van der Waals surface area contributed by atoms with E-state index in [4.69, 9.17) is 5.26 Å². The van der Waals surface area contributed by atoms with Crippen LogP contribution in [0.1, 0.15) is 6.42 Å². The summed E-state index contributed by atoms with van der Waals surface area (Å²) in [5.41, 5.74) is -0.102. The molecule has 0 spiro atoms. The van der Waals surface area contributed by atoms with Gasteiger partial charge in [-0.05, 0) is 17.9 Å². The van der Waals surface area contributed by atoms with E-state index >= 15 is 0 Å². The standard InChI is InChI=1S/C11H13F3N2S/c1-17(2)10(3-4-15)8-5-9(7-16-6-8)11(12,13)14/h5,7,10,16H,1,3,6H2,2H3. The molecular weight excluding hydrogens is 249 g/mol. The van der Waals surface area contributed by atoms with Crippen molar-refractivity contribution in [1.29, 1.82) is 5.26 Å². The first-order chi connectivity index (χ1) is 7.86. The highest BCUT2D eigenvalue weighted by Crippen LogP contribution is 2.32. The maximum absolute atomic E-state index is 12.5. The fourth-order valence-corrected chi connectivity index (χ4v) is 2.58. The van der Waals surface area contributed by atoms with Crippen LogP contribution in [-0.2, 0) is 0 Å². The van der Waals surface area contributed by atoms with Crippen molar-refractivity contribution in [2.45, 2.75) is 17.8 Å². The predicted molar refractivity (Wildman–Crippen MR) is 64.9 cm³/mol.